The SMILES string of the molecule is CCCCCCC(C)(CCCC)CNC(=O)CS(C)(=O)=O. The summed E-state index contributed by atoms with van der Waals surface area (Å²) in [5.74, 6) is -0.791. The van der Waals surface area contributed by atoms with E-state index in [2.05, 4.69) is 26.1 Å². The molecule has 0 saturated carbocycles. The molecule has 126 valence electrons. The van der Waals surface area contributed by atoms with E-state index in [4.69, 9.17) is 0 Å². The van der Waals surface area contributed by atoms with Crippen LogP contribution in [0.3, 0.4) is 0 Å². The molecule has 0 spiro atoms. The van der Waals surface area contributed by atoms with Crippen LogP contribution in [0.15, 0.2) is 0 Å². The number of carbonyl (C=O) groups excluding carboxylic acids is 1. The maximum Gasteiger partial charge on any atom is 0.235 e. The fourth-order valence-electron chi connectivity index (χ4n) is 2.49. The first-order valence-corrected chi connectivity index (χ1v) is 10.2. The fraction of sp³-hybridized carbons (Fsp3) is 0.938. The van der Waals surface area contributed by atoms with E-state index in [1.807, 2.05) is 0 Å². The number of nitrogens with one attached hydrogen (secondary N) is 1. The van der Waals surface area contributed by atoms with E-state index >= 15 is 0 Å². The number of hydrogen-bond donors (Lipinski definition) is 1. The molecule has 0 fully saturated rings. The number of rotatable bonds is 12. The largest absolute Gasteiger partial charge is 0.355 e. The average Bonchev–Trinajstić information content (AvgIpc) is 2.38. The Kier molecular flexibility index (Phi) is 9.92. The first-order valence-electron chi connectivity index (χ1n) is 8.17. The molecule has 0 rings (SSSR count). The van der Waals surface area contributed by atoms with Gasteiger partial charge in [-0.15, -0.1) is 0 Å². The van der Waals surface area contributed by atoms with Gasteiger partial charge in [-0.2, -0.15) is 0 Å². The van der Waals surface area contributed by atoms with Crippen molar-refractivity contribution in [3.8, 4) is 0 Å². The zero-order chi connectivity index (χ0) is 16.4. The van der Waals surface area contributed by atoms with Crippen LogP contribution in [-0.2, 0) is 14.6 Å². The standard InChI is InChI=1S/C16H33NO3S/c1-5-7-9-10-12-16(3,11-8-6-2)14-17-15(18)13-21(4,19)20/h5-14H2,1-4H3,(H,17,18). The summed E-state index contributed by atoms with van der Waals surface area (Å²) in [6.07, 6.45) is 10.4. The van der Waals surface area contributed by atoms with Crippen molar-refractivity contribution in [2.45, 2.75) is 72.1 Å². The maximum atomic E-state index is 11.7. The molecule has 1 unspecified atom stereocenters. The molecule has 4 nitrogen and oxygen atoms in total. The number of hydrogen-bond acceptors (Lipinski definition) is 3. The lowest BCUT2D eigenvalue weighted by atomic mass is 9.80. The van der Waals surface area contributed by atoms with Gasteiger partial charge in [-0.05, 0) is 18.3 Å². The van der Waals surface area contributed by atoms with Gasteiger partial charge in [0.25, 0.3) is 0 Å². The molecule has 0 aliphatic heterocycles. The van der Waals surface area contributed by atoms with Gasteiger partial charge in [0.05, 0.1) is 0 Å². The smallest absolute Gasteiger partial charge is 0.235 e. The minimum Gasteiger partial charge on any atom is -0.355 e. The molecule has 5 heteroatoms. The molecular formula is C16H33NO3S. The van der Waals surface area contributed by atoms with E-state index in [1.54, 1.807) is 0 Å². The third kappa shape index (κ3) is 11.7. The molecule has 0 aromatic rings. The van der Waals surface area contributed by atoms with E-state index in [0.29, 0.717) is 6.54 Å². The molecule has 0 radical (unpaired) electrons. The van der Waals surface area contributed by atoms with Crippen LogP contribution < -0.4 is 5.32 Å². The lowest BCUT2D eigenvalue weighted by Gasteiger charge is -2.30. The van der Waals surface area contributed by atoms with Crippen LogP contribution in [0, 0.1) is 5.41 Å². The highest BCUT2D eigenvalue weighted by atomic mass is 32.2. The van der Waals surface area contributed by atoms with Gasteiger partial charge in [-0.3, -0.25) is 4.79 Å². The molecule has 0 heterocycles. The highest BCUT2D eigenvalue weighted by Gasteiger charge is 2.24. The number of unbranched alkanes of at least 4 members (excludes halogenated alkanes) is 4. The summed E-state index contributed by atoms with van der Waals surface area (Å²) < 4.78 is 22.2. The Morgan fingerprint density at radius 2 is 1.57 bits per heavy atom. The lowest BCUT2D eigenvalue weighted by Crippen LogP contribution is -2.38. The van der Waals surface area contributed by atoms with Crippen molar-refractivity contribution in [2.75, 3.05) is 18.6 Å². The van der Waals surface area contributed by atoms with Crippen molar-refractivity contribution < 1.29 is 13.2 Å². The Labute approximate surface area is 131 Å². The number of sulfone groups is 1. The summed E-state index contributed by atoms with van der Waals surface area (Å²) in [6, 6.07) is 0. The van der Waals surface area contributed by atoms with Crippen molar-refractivity contribution in [2.24, 2.45) is 5.41 Å². The maximum absolute atomic E-state index is 11.7. The second kappa shape index (κ2) is 10.2. The van der Waals surface area contributed by atoms with Gasteiger partial charge in [0, 0.05) is 12.8 Å². The molecular weight excluding hydrogens is 286 g/mol. The zero-order valence-electron chi connectivity index (χ0n) is 14.2. The Balaban J connectivity index is 4.35. The van der Waals surface area contributed by atoms with E-state index in [-0.39, 0.29) is 11.3 Å². The molecule has 1 N–H and O–H groups in total. The second-order valence-electron chi connectivity index (χ2n) is 6.57. The van der Waals surface area contributed by atoms with Gasteiger partial charge < -0.3 is 5.32 Å². The molecule has 21 heavy (non-hydrogen) atoms. The molecule has 0 aromatic carbocycles. The van der Waals surface area contributed by atoms with Crippen LogP contribution in [0.2, 0.25) is 0 Å². The third-order valence-electron chi connectivity index (χ3n) is 3.87. The highest BCUT2D eigenvalue weighted by molar-refractivity contribution is 7.91. The fourth-order valence-corrected chi connectivity index (χ4v) is 3.06. The summed E-state index contributed by atoms with van der Waals surface area (Å²) in [5.41, 5.74) is 0.0803. The number of amides is 1. The van der Waals surface area contributed by atoms with Crippen LogP contribution in [0.25, 0.3) is 0 Å². The molecule has 1 amide bonds. The summed E-state index contributed by atoms with van der Waals surface area (Å²) in [7, 11) is -3.24. The monoisotopic (exact) mass is 319 g/mol. The van der Waals surface area contributed by atoms with Crippen molar-refractivity contribution in [3.05, 3.63) is 0 Å². The first-order chi connectivity index (χ1) is 9.72. The van der Waals surface area contributed by atoms with Crippen LogP contribution in [0.5, 0.6) is 0 Å². The Morgan fingerprint density at radius 3 is 2.10 bits per heavy atom. The molecule has 1 atom stereocenters. The predicted molar refractivity (Wildman–Crippen MR) is 89.1 cm³/mol. The predicted octanol–water partition coefficient (Wildman–Crippen LogP) is 3.31. The Hall–Kier alpha value is -0.580. The average molecular weight is 320 g/mol. The van der Waals surface area contributed by atoms with Crippen molar-refractivity contribution >= 4 is 15.7 Å². The first kappa shape index (κ1) is 20.4. The molecule has 0 aromatic heterocycles. The third-order valence-corrected chi connectivity index (χ3v) is 4.66. The molecule has 0 aliphatic carbocycles. The Bertz CT molecular complexity index is 392. The summed E-state index contributed by atoms with van der Waals surface area (Å²) in [5, 5.41) is 2.81. The number of carbonyl (C=O) groups is 1. The van der Waals surface area contributed by atoms with Gasteiger partial charge >= 0.3 is 0 Å². The van der Waals surface area contributed by atoms with Gasteiger partial charge in [0.2, 0.25) is 5.91 Å². The lowest BCUT2D eigenvalue weighted by molar-refractivity contribution is -0.119. The normalized spacial score (nSPS) is 14.7. The quantitative estimate of drug-likeness (QED) is 0.561. The van der Waals surface area contributed by atoms with Crippen LogP contribution in [0.1, 0.15) is 72.1 Å². The summed E-state index contributed by atoms with van der Waals surface area (Å²) >= 11 is 0. The second-order valence-corrected chi connectivity index (χ2v) is 8.71. The molecule has 0 aliphatic rings. The summed E-state index contributed by atoms with van der Waals surface area (Å²) in [4.78, 5) is 11.7. The van der Waals surface area contributed by atoms with E-state index < -0.39 is 15.6 Å². The van der Waals surface area contributed by atoms with Crippen molar-refractivity contribution in [3.63, 3.8) is 0 Å². The molecule has 0 saturated heterocycles. The molecule has 0 bridgehead atoms. The Morgan fingerprint density at radius 1 is 1.00 bits per heavy atom. The minimum absolute atomic E-state index is 0.0803. The van der Waals surface area contributed by atoms with E-state index in [9.17, 15) is 13.2 Å². The van der Waals surface area contributed by atoms with Crippen LogP contribution in [0.4, 0.5) is 0 Å². The van der Waals surface area contributed by atoms with Crippen molar-refractivity contribution in [1.82, 2.24) is 5.32 Å². The minimum atomic E-state index is -3.24. The van der Waals surface area contributed by atoms with Gasteiger partial charge in [-0.25, -0.2) is 8.42 Å². The topological polar surface area (TPSA) is 63.2 Å². The van der Waals surface area contributed by atoms with Crippen molar-refractivity contribution in [1.29, 1.82) is 0 Å². The van der Waals surface area contributed by atoms with Crippen LogP contribution in [-0.4, -0.2) is 32.9 Å². The highest BCUT2D eigenvalue weighted by Crippen LogP contribution is 2.30. The van der Waals surface area contributed by atoms with Gasteiger partial charge in [0.15, 0.2) is 9.84 Å². The van der Waals surface area contributed by atoms with Gasteiger partial charge in [0.1, 0.15) is 5.75 Å². The van der Waals surface area contributed by atoms with Crippen LogP contribution >= 0.6 is 0 Å². The van der Waals surface area contributed by atoms with E-state index in [0.717, 1.165) is 31.9 Å². The van der Waals surface area contributed by atoms with E-state index in [1.165, 1.54) is 25.7 Å². The zero-order valence-corrected chi connectivity index (χ0v) is 15.0. The van der Waals surface area contributed by atoms with Gasteiger partial charge in [-0.1, -0.05) is 59.3 Å². The summed E-state index contributed by atoms with van der Waals surface area (Å²) in [6.45, 7) is 7.14.